The normalized spacial score (nSPS) is 11.9. The minimum atomic E-state index is -0.747. The molecule has 1 atom stereocenters. The second-order valence-corrected chi connectivity index (χ2v) is 3.86. The number of ether oxygens (including phenoxy) is 2. The molecule has 0 saturated carbocycles. The maximum atomic E-state index is 13.6. The number of aromatic nitrogens is 2. The summed E-state index contributed by atoms with van der Waals surface area (Å²) in [6.45, 7) is 1.56. The van der Waals surface area contributed by atoms with Gasteiger partial charge in [0.05, 0.1) is 19.5 Å². The number of carbonyl (C=O) groups excluding carboxylic acids is 1. The summed E-state index contributed by atoms with van der Waals surface area (Å²) in [4.78, 5) is 11.2. The van der Waals surface area contributed by atoms with E-state index in [1.165, 1.54) is 30.3 Å². The molecule has 0 aliphatic heterocycles. The van der Waals surface area contributed by atoms with Crippen LogP contribution in [0.5, 0.6) is 5.75 Å². The van der Waals surface area contributed by atoms with Crippen LogP contribution in [0.4, 0.5) is 4.39 Å². The average Bonchev–Trinajstić information content (AvgIpc) is 2.86. The molecule has 0 saturated heterocycles. The Morgan fingerprint density at radius 3 is 2.84 bits per heavy atom. The van der Waals surface area contributed by atoms with E-state index in [0.29, 0.717) is 11.4 Å². The largest absolute Gasteiger partial charge is 0.476 e. The van der Waals surface area contributed by atoms with E-state index in [2.05, 4.69) is 9.84 Å². The van der Waals surface area contributed by atoms with Gasteiger partial charge >= 0.3 is 5.97 Å². The molecule has 5 nitrogen and oxygen atoms in total. The van der Waals surface area contributed by atoms with E-state index in [-0.39, 0.29) is 0 Å². The minimum absolute atomic E-state index is 0.308. The molecule has 0 amide bonds. The van der Waals surface area contributed by atoms with Crippen molar-refractivity contribution in [3.63, 3.8) is 0 Å². The van der Waals surface area contributed by atoms with Gasteiger partial charge in [0.25, 0.3) is 0 Å². The van der Waals surface area contributed by atoms with Crippen LogP contribution in [0.3, 0.4) is 0 Å². The molecular weight excluding hydrogens is 251 g/mol. The van der Waals surface area contributed by atoms with Gasteiger partial charge in [0.2, 0.25) is 0 Å². The van der Waals surface area contributed by atoms with Gasteiger partial charge in [-0.1, -0.05) is 12.1 Å². The molecule has 1 heterocycles. The van der Waals surface area contributed by atoms with Crippen molar-refractivity contribution in [3.8, 4) is 11.4 Å². The Bertz CT molecular complexity index is 583. The molecule has 0 N–H and O–H groups in total. The molecule has 1 unspecified atom stereocenters. The van der Waals surface area contributed by atoms with Crippen LogP contribution in [0.2, 0.25) is 0 Å². The summed E-state index contributed by atoms with van der Waals surface area (Å²) in [5.41, 5.74) is 0.308. The van der Waals surface area contributed by atoms with Crippen molar-refractivity contribution in [2.45, 2.75) is 13.0 Å². The highest BCUT2D eigenvalue weighted by Gasteiger charge is 2.16. The van der Waals surface area contributed by atoms with Gasteiger partial charge in [-0.15, -0.1) is 0 Å². The number of para-hydroxylation sites is 1. The predicted octanol–water partition coefficient (Wildman–Crippen LogP) is 1.95. The van der Waals surface area contributed by atoms with Crippen molar-refractivity contribution in [1.29, 1.82) is 0 Å². The van der Waals surface area contributed by atoms with Gasteiger partial charge in [0.15, 0.2) is 11.9 Å². The molecule has 2 aromatic rings. The quantitative estimate of drug-likeness (QED) is 0.792. The standard InChI is InChI=1S/C13H13FN2O3/c1-9(13(17)18-2)19-10-7-15-16(8-10)12-6-4-3-5-11(12)14/h3-9H,1-2H3. The zero-order valence-electron chi connectivity index (χ0n) is 10.5. The lowest BCUT2D eigenvalue weighted by Crippen LogP contribution is -2.24. The number of hydrogen-bond acceptors (Lipinski definition) is 4. The Hall–Kier alpha value is -2.37. The summed E-state index contributed by atoms with van der Waals surface area (Å²) in [6, 6.07) is 6.24. The number of hydrogen-bond donors (Lipinski definition) is 0. The number of benzene rings is 1. The third-order valence-corrected chi connectivity index (χ3v) is 2.50. The summed E-state index contributed by atoms with van der Waals surface area (Å²) in [6.07, 6.45) is 2.16. The second kappa shape index (κ2) is 5.51. The van der Waals surface area contributed by atoms with E-state index in [1.54, 1.807) is 25.1 Å². The van der Waals surface area contributed by atoms with E-state index in [1.807, 2.05) is 0 Å². The van der Waals surface area contributed by atoms with Gasteiger partial charge in [-0.2, -0.15) is 5.10 Å². The molecular formula is C13H13FN2O3. The van der Waals surface area contributed by atoms with Crippen molar-refractivity contribution >= 4 is 5.97 Å². The lowest BCUT2D eigenvalue weighted by Gasteiger charge is -2.09. The van der Waals surface area contributed by atoms with Crippen LogP contribution in [0.25, 0.3) is 5.69 Å². The monoisotopic (exact) mass is 264 g/mol. The van der Waals surface area contributed by atoms with Crippen LogP contribution in [0.15, 0.2) is 36.7 Å². The first-order valence-corrected chi connectivity index (χ1v) is 5.66. The fourth-order valence-electron chi connectivity index (χ4n) is 1.55. The minimum Gasteiger partial charge on any atom is -0.476 e. The highest BCUT2D eigenvalue weighted by Crippen LogP contribution is 2.17. The maximum absolute atomic E-state index is 13.6. The van der Waals surface area contributed by atoms with Gasteiger partial charge in [0.1, 0.15) is 11.5 Å². The molecule has 100 valence electrons. The van der Waals surface area contributed by atoms with Gasteiger partial charge in [-0.05, 0) is 19.1 Å². The molecule has 0 radical (unpaired) electrons. The second-order valence-electron chi connectivity index (χ2n) is 3.86. The Balaban J connectivity index is 2.16. The predicted molar refractivity (Wildman–Crippen MR) is 65.6 cm³/mol. The third kappa shape index (κ3) is 2.90. The van der Waals surface area contributed by atoms with Gasteiger partial charge in [-0.3, -0.25) is 0 Å². The number of carbonyl (C=O) groups is 1. The van der Waals surface area contributed by atoms with Crippen molar-refractivity contribution in [1.82, 2.24) is 9.78 Å². The zero-order valence-corrected chi connectivity index (χ0v) is 10.5. The maximum Gasteiger partial charge on any atom is 0.346 e. The number of rotatable bonds is 4. The summed E-state index contributed by atoms with van der Waals surface area (Å²) in [5.74, 6) is -0.516. The number of halogens is 1. The van der Waals surface area contributed by atoms with Crippen LogP contribution in [0, 0.1) is 5.82 Å². The molecule has 0 bridgehead atoms. The van der Waals surface area contributed by atoms with E-state index in [4.69, 9.17) is 4.74 Å². The van der Waals surface area contributed by atoms with Crippen LogP contribution < -0.4 is 4.74 Å². The molecule has 0 spiro atoms. The van der Waals surface area contributed by atoms with E-state index in [9.17, 15) is 9.18 Å². The molecule has 0 aliphatic carbocycles. The molecule has 0 fully saturated rings. The molecule has 2 rings (SSSR count). The lowest BCUT2D eigenvalue weighted by atomic mass is 10.3. The number of methoxy groups -OCH3 is 1. The molecule has 1 aromatic heterocycles. The van der Waals surface area contributed by atoms with Gasteiger partial charge in [-0.25, -0.2) is 13.9 Å². The summed E-state index contributed by atoms with van der Waals surface area (Å²) < 4.78 is 24.8. The highest BCUT2D eigenvalue weighted by atomic mass is 19.1. The van der Waals surface area contributed by atoms with Crippen molar-refractivity contribution in [2.24, 2.45) is 0 Å². The molecule has 6 heteroatoms. The van der Waals surface area contributed by atoms with Crippen LogP contribution in [-0.4, -0.2) is 29.0 Å². The van der Waals surface area contributed by atoms with Crippen molar-refractivity contribution in [3.05, 3.63) is 42.5 Å². The van der Waals surface area contributed by atoms with E-state index in [0.717, 1.165) is 0 Å². The Kier molecular flexibility index (Phi) is 3.79. The smallest absolute Gasteiger partial charge is 0.346 e. The molecule has 19 heavy (non-hydrogen) atoms. The van der Waals surface area contributed by atoms with Gasteiger partial charge in [0, 0.05) is 0 Å². The molecule has 0 aliphatic rings. The summed E-state index contributed by atoms with van der Waals surface area (Å²) in [7, 11) is 1.28. The topological polar surface area (TPSA) is 53.4 Å². The van der Waals surface area contributed by atoms with E-state index >= 15 is 0 Å². The average molecular weight is 264 g/mol. The van der Waals surface area contributed by atoms with Crippen molar-refractivity contribution < 1.29 is 18.7 Å². The SMILES string of the molecule is COC(=O)C(C)Oc1cnn(-c2ccccc2F)c1. The highest BCUT2D eigenvalue weighted by molar-refractivity contribution is 5.74. The Labute approximate surface area is 109 Å². The first-order chi connectivity index (χ1) is 9.11. The van der Waals surface area contributed by atoms with Crippen LogP contribution in [-0.2, 0) is 9.53 Å². The van der Waals surface area contributed by atoms with Gasteiger partial charge < -0.3 is 9.47 Å². The zero-order chi connectivity index (χ0) is 13.8. The first kappa shape index (κ1) is 13.1. The summed E-state index contributed by atoms with van der Waals surface area (Å²) in [5, 5.41) is 3.99. The first-order valence-electron chi connectivity index (χ1n) is 5.66. The third-order valence-electron chi connectivity index (χ3n) is 2.50. The fraction of sp³-hybridized carbons (Fsp3) is 0.231. The Morgan fingerprint density at radius 1 is 1.42 bits per heavy atom. The molecule has 1 aromatic carbocycles. The lowest BCUT2D eigenvalue weighted by molar-refractivity contribution is -0.147. The van der Waals surface area contributed by atoms with Crippen LogP contribution >= 0.6 is 0 Å². The number of nitrogens with zero attached hydrogens (tertiary/aromatic N) is 2. The van der Waals surface area contributed by atoms with Crippen LogP contribution in [0.1, 0.15) is 6.92 Å². The Morgan fingerprint density at radius 2 is 2.16 bits per heavy atom. The van der Waals surface area contributed by atoms with Crippen molar-refractivity contribution in [2.75, 3.05) is 7.11 Å². The number of esters is 1. The fourth-order valence-corrected chi connectivity index (χ4v) is 1.55. The van der Waals surface area contributed by atoms with E-state index < -0.39 is 17.9 Å². The summed E-state index contributed by atoms with van der Waals surface area (Å²) >= 11 is 0.